The van der Waals surface area contributed by atoms with Gasteiger partial charge in [-0.3, -0.25) is 0 Å². The van der Waals surface area contributed by atoms with Gasteiger partial charge in [-0.25, -0.2) is 0 Å². The summed E-state index contributed by atoms with van der Waals surface area (Å²) in [6.07, 6.45) is -0.0427. The predicted molar refractivity (Wildman–Crippen MR) is 67.5 cm³/mol. The Morgan fingerprint density at radius 1 is 1.44 bits per heavy atom. The first-order valence-electron chi connectivity index (χ1n) is 6.15. The van der Waals surface area contributed by atoms with Crippen molar-refractivity contribution in [2.24, 2.45) is 0 Å². The fraction of sp³-hybridized carbons (Fsp3) is 0.571. The van der Waals surface area contributed by atoms with Crippen LogP contribution in [0.4, 0.5) is 0 Å². The zero-order valence-electron chi connectivity index (χ0n) is 11.1. The van der Waals surface area contributed by atoms with Crippen LogP contribution in [0.5, 0.6) is 5.75 Å². The zero-order valence-corrected chi connectivity index (χ0v) is 11.1. The number of ether oxygens (including phenoxy) is 3. The van der Waals surface area contributed by atoms with Crippen LogP contribution in [-0.2, 0) is 16.1 Å². The molecule has 1 aliphatic heterocycles. The first-order chi connectivity index (χ1) is 8.50. The third-order valence-electron chi connectivity index (χ3n) is 2.99. The minimum Gasteiger partial charge on any atom is -0.491 e. The molecular formula is C14H20O4. The molecule has 0 aromatic heterocycles. The Morgan fingerprint density at radius 2 is 2.22 bits per heavy atom. The van der Waals surface area contributed by atoms with Crippen molar-refractivity contribution in [2.45, 2.75) is 39.3 Å². The van der Waals surface area contributed by atoms with Crippen molar-refractivity contribution in [1.29, 1.82) is 0 Å². The highest BCUT2D eigenvalue weighted by atomic mass is 16.7. The lowest BCUT2D eigenvalue weighted by atomic mass is 10.1. The molecule has 0 radical (unpaired) electrons. The lowest BCUT2D eigenvalue weighted by molar-refractivity contribution is -0.141. The predicted octanol–water partition coefficient (Wildman–Crippen LogP) is 2.02. The van der Waals surface area contributed by atoms with E-state index in [9.17, 15) is 5.11 Å². The lowest BCUT2D eigenvalue weighted by Gasteiger charge is -2.17. The molecule has 1 atom stereocenters. The molecule has 4 nitrogen and oxygen atoms in total. The van der Waals surface area contributed by atoms with Gasteiger partial charge < -0.3 is 19.3 Å². The number of aryl methyl sites for hydroxylation is 1. The molecule has 0 aliphatic carbocycles. The van der Waals surface area contributed by atoms with Crippen LogP contribution < -0.4 is 4.74 Å². The van der Waals surface area contributed by atoms with Crippen LogP contribution in [0.3, 0.4) is 0 Å². The first kappa shape index (κ1) is 13.3. The monoisotopic (exact) mass is 252 g/mol. The van der Waals surface area contributed by atoms with Crippen molar-refractivity contribution in [3.63, 3.8) is 0 Å². The van der Waals surface area contributed by atoms with E-state index in [0.29, 0.717) is 13.2 Å². The van der Waals surface area contributed by atoms with Gasteiger partial charge >= 0.3 is 0 Å². The Labute approximate surface area is 107 Å². The minimum atomic E-state index is -0.516. The fourth-order valence-corrected chi connectivity index (χ4v) is 1.94. The molecule has 1 heterocycles. The van der Waals surface area contributed by atoms with Gasteiger partial charge in [0.25, 0.3) is 0 Å². The normalized spacial score (nSPS) is 22.1. The summed E-state index contributed by atoms with van der Waals surface area (Å²) in [5.41, 5.74) is 1.95. The van der Waals surface area contributed by atoms with Crippen LogP contribution in [-0.4, -0.2) is 30.2 Å². The van der Waals surface area contributed by atoms with Crippen molar-refractivity contribution in [3.05, 3.63) is 29.3 Å². The van der Waals surface area contributed by atoms with E-state index in [-0.39, 0.29) is 12.7 Å². The van der Waals surface area contributed by atoms with E-state index in [4.69, 9.17) is 14.2 Å². The van der Waals surface area contributed by atoms with Crippen LogP contribution in [0.1, 0.15) is 25.0 Å². The van der Waals surface area contributed by atoms with E-state index >= 15 is 0 Å². The Hall–Kier alpha value is -1.10. The molecule has 4 heteroatoms. The topological polar surface area (TPSA) is 47.9 Å². The number of hydrogen-bond acceptors (Lipinski definition) is 4. The average Bonchev–Trinajstić information content (AvgIpc) is 2.68. The van der Waals surface area contributed by atoms with Gasteiger partial charge in [0.15, 0.2) is 5.79 Å². The standard InChI is InChI=1S/C14H20O4/c1-10-4-5-12(6-11(10)7-15)16-8-13-9-17-14(2,3)18-13/h4-6,13,15H,7-9H2,1-3H3. The van der Waals surface area contributed by atoms with Crippen LogP contribution in [0.25, 0.3) is 0 Å². The van der Waals surface area contributed by atoms with Crippen LogP contribution in [0, 0.1) is 6.92 Å². The minimum absolute atomic E-state index is 0.0269. The van der Waals surface area contributed by atoms with Crippen LogP contribution in [0.15, 0.2) is 18.2 Å². The molecule has 1 fully saturated rings. The van der Waals surface area contributed by atoms with Crippen LogP contribution in [0.2, 0.25) is 0 Å². The lowest BCUT2D eigenvalue weighted by Crippen LogP contribution is -2.25. The van der Waals surface area contributed by atoms with Gasteiger partial charge in [-0.2, -0.15) is 0 Å². The van der Waals surface area contributed by atoms with Crippen molar-refractivity contribution >= 4 is 0 Å². The van der Waals surface area contributed by atoms with Crippen molar-refractivity contribution in [1.82, 2.24) is 0 Å². The Balaban J connectivity index is 1.91. The molecule has 2 rings (SSSR count). The second-order valence-corrected chi connectivity index (χ2v) is 5.01. The number of aliphatic hydroxyl groups is 1. The fourth-order valence-electron chi connectivity index (χ4n) is 1.94. The van der Waals surface area contributed by atoms with E-state index in [2.05, 4.69) is 0 Å². The molecule has 1 aliphatic rings. The van der Waals surface area contributed by atoms with E-state index in [1.807, 2.05) is 39.0 Å². The number of hydrogen-bond donors (Lipinski definition) is 1. The number of benzene rings is 1. The summed E-state index contributed by atoms with van der Waals surface area (Å²) in [5.74, 6) is 0.232. The largest absolute Gasteiger partial charge is 0.491 e. The SMILES string of the molecule is Cc1ccc(OCC2COC(C)(C)O2)cc1CO. The average molecular weight is 252 g/mol. The summed E-state index contributed by atoms with van der Waals surface area (Å²) in [5, 5.41) is 9.19. The number of aliphatic hydroxyl groups excluding tert-OH is 1. The van der Waals surface area contributed by atoms with Gasteiger partial charge in [0.05, 0.1) is 13.2 Å². The summed E-state index contributed by atoms with van der Waals surface area (Å²) in [6, 6.07) is 5.70. The molecule has 0 amide bonds. The maximum absolute atomic E-state index is 9.19. The van der Waals surface area contributed by atoms with Gasteiger partial charge in [-0.1, -0.05) is 6.07 Å². The highest BCUT2D eigenvalue weighted by Crippen LogP contribution is 2.23. The van der Waals surface area contributed by atoms with Crippen molar-refractivity contribution < 1.29 is 19.3 Å². The molecule has 0 spiro atoms. The third-order valence-corrected chi connectivity index (χ3v) is 2.99. The van der Waals surface area contributed by atoms with Gasteiger partial charge in [-0.15, -0.1) is 0 Å². The maximum Gasteiger partial charge on any atom is 0.163 e. The van der Waals surface area contributed by atoms with Gasteiger partial charge in [-0.05, 0) is 44.0 Å². The molecule has 1 unspecified atom stereocenters. The van der Waals surface area contributed by atoms with Crippen molar-refractivity contribution in [2.75, 3.05) is 13.2 Å². The second-order valence-electron chi connectivity index (χ2n) is 5.01. The quantitative estimate of drug-likeness (QED) is 0.890. The van der Waals surface area contributed by atoms with E-state index < -0.39 is 5.79 Å². The Morgan fingerprint density at radius 3 is 2.83 bits per heavy atom. The summed E-state index contributed by atoms with van der Waals surface area (Å²) in [6.45, 7) is 6.78. The molecule has 1 N–H and O–H groups in total. The second kappa shape index (κ2) is 5.26. The highest BCUT2D eigenvalue weighted by Gasteiger charge is 2.32. The molecule has 0 saturated carbocycles. The van der Waals surface area contributed by atoms with E-state index in [1.54, 1.807) is 0 Å². The van der Waals surface area contributed by atoms with Gasteiger partial charge in [0.1, 0.15) is 18.5 Å². The Kier molecular flexibility index (Phi) is 3.90. The molecule has 18 heavy (non-hydrogen) atoms. The summed E-state index contributed by atoms with van der Waals surface area (Å²) in [4.78, 5) is 0. The summed E-state index contributed by atoms with van der Waals surface area (Å²) in [7, 11) is 0. The molecule has 0 bridgehead atoms. The highest BCUT2D eigenvalue weighted by molar-refractivity contribution is 5.34. The van der Waals surface area contributed by atoms with Gasteiger partial charge in [0.2, 0.25) is 0 Å². The Bertz CT molecular complexity index is 414. The molecule has 1 aromatic rings. The molecular weight excluding hydrogens is 232 g/mol. The molecule has 1 saturated heterocycles. The first-order valence-corrected chi connectivity index (χ1v) is 6.15. The third kappa shape index (κ3) is 3.22. The molecule has 1 aromatic carbocycles. The van der Waals surface area contributed by atoms with Crippen LogP contribution >= 0.6 is 0 Å². The molecule has 100 valence electrons. The maximum atomic E-state index is 9.19. The van der Waals surface area contributed by atoms with Crippen molar-refractivity contribution in [3.8, 4) is 5.75 Å². The summed E-state index contributed by atoms with van der Waals surface area (Å²) >= 11 is 0. The number of rotatable bonds is 4. The zero-order chi connectivity index (χ0) is 13.2. The smallest absolute Gasteiger partial charge is 0.163 e. The summed E-state index contributed by atoms with van der Waals surface area (Å²) < 4.78 is 16.8. The van der Waals surface area contributed by atoms with E-state index in [1.165, 1.54) is 0 Å². The van der Waals surface area contributed by atoms with Gasteiger partial charge in [0, 0.05) is 0 Å². The van der Waals surface area contributed by atoms with E-state index in [0.717, 1.165) is 16.9 Å².